The number of nitrogens with zero attached hydrogens (tertiary/aromatic N) is 1. The highest BCUT2D eigenvalue weighted by atomic mass is 28.4. The Morgan fingerprint density at radius 3 is 1.79 bits per heavy atom. The maximum atomic E-state index is 13.6. The third-order valence-corrected chi connectivity index (χ3v) is 12.3. The van der Waals surface area contributed by atoms with Crippen molar-refractivity contribution in [2.45, 2.75) is 64.2 Å². The molecule has 3 aromatic rings. The van der Waals surface area contributed by atoms with Crippen LogP contribution in [0, 0.1) is 5.92 Å². The Kier molecular flexibility index (Phi) is 6.62. The van der Waals surface area contributed by atoms with Crippen LogP contribution in [0.5, 0.6) is 0 Å². The van der Waals surface area contributed by atoms with E-state index in [2.05, 4.69) is 81.4 Å². The van der Waals surface area contributed by atoms with Gasteiger partial charge in [-0.15, -0.1) is 0 Å². The van der Waals surface area contributed by atoms with Crippen LogP contribution in [0.3, 0.4) is 0 Å². The van der Waals surface area contributed by atoms with Gasteiger partial charge in [-0.05, 0) is 41.7 Å². The van der Waals surface area contributed by atoms with E-state index in [1.807, 2.05) is 57.2 Å². The zero-order valence-corrected chi connectivity index (χ0v) is 24.0. The zero-order chi connectivity index (χ0) is 27.2. The normalized spacial score (nSPS) is 23.1. The lowest BCUT2D eigenvalue weighted by molar-refractivity contribution is -0.385. The fraction of sp³-hybridized carbons (Fsp3) is 0.344. The van der Waals surface area contributed by atoms with E-state index in [-0.39, 0.29) is 17.1 Å². The lowest BCUT2D eigenvalue weighted by Crippen LogP contribution is -2.76. The van der Waals surface area contributed by atoms with Crippen molar-refractivity contribution in [3.05, 3.63) is 109 Å². The van der Waals surface area contributed by atoms with E-state index in [9.17, 15) is 4.79 Å². The highest BCUT2D eigenvalue weighted by Gasteiger charge is 2.69. The van der Waals surface area contributed by atoms with Crippen LogP contribution >= 0.6 is 0 Å². The van der Waals surface area contributed by atoms with Crippen LogP contribution in [0.15, 0.2) is 103 Å². The minimum Gasteiger partial charge on any atom is -0.443 e. The number of amides is 1. The van der Waals surface area contributed by atoms with Crippen LogP contribution in [0.1, 0.15) is 53.2 Å². The van der Waals surface area contributed by atoms with Gasteiger partial charge in [0.2, 0.25) is 0 Å². The minimum absolute atomic E-state index is 0.195. The van der Waals surface area contributed by atoms with Crippen LogP contribution < -0.4 is 10.4 Å². The molecule has 2 aliphatic rings. The van der Waals surface area contributed by atoms with Crippen molar-refractivity contribution in [2.24, 2.45) is 5.92 Å². The molecule has 1 fully saturated rings. The van der Waals surface area contributed by atoms with Crippen molar-refractivity contribution < 1.29 is 18.7 Å². The first kappa shape index (κ1) is 26.4. The van der Waals surface area contributed by atoms with Gasteiger partial charge < -0.3 is 13.9 Å². The lowest BCUT2D eigenvalue weighted by Gasteiger charge is -2.58. The Hall–Kier alpha value is -3.19. The molecular formula is C32H37NO4Si. The molecule has 3 unspecified atom stereocenters. The number of rotatable bonds is 5. The summed E-state index contributed by atoms with van der Waals surface area (Å²) in [6.45, 7) is 12.3. The molecular weight excluding hydrogens is 490 g/mol. The summed E-state index contributed by atoms with van der Waals surface area (Å²) in [6.07, 6.45) is 3.08. The van der Waals surface area contributed by atoms with Crippen molar-refractivity contribution in [1.82, 2.24) is 4.90 Å². The maximum absolute atomic E-state index is 13.6. The van der Waals surface area contributed by atoms with Crippen molar-refractivity contribution in [1.29, 1.82) is 0 Å². The molecule has 1 saturated heterocycles. The molecule has 0 radical (unpaired) electrons. The lowest BCUT2D eigenvalue weighted by atomic mass is 9.88. The number of fused-ring (bicyclic) bond motifs is 1. The van der Waals surface area contributed by atoms with Crippen LogP contribution in [0.2, 0.25) is 5.04 Å². The number of ether oxygens (including phenoxy) is 2. The third kappa shape index (κ3) is 4.40. The molecule has 6 heteroatoms. The summed E-state index contributed by atoms with van der Waals surface area (Å²) >= 11 is 0. The average Bonchev–Trinajstić information content (AvgIpc) is 3.14. The smallest absolute Gasteiger partial charge is 0.418 e. The second-order valence-electron chi connectivity index (χ2n) is 12.1. The minimum atomic E-state index is -3.07. The molecule has 2 aliphatic heterocycles. The van der Waals surface area contributed by atoms with E-state index < -0.39 is 25.9 Å². The SMILES string of the molecule is CC(C)(C)OC(=O)N1C=CC2C(c3ccccc3)OC21O[Si](c1ccccc1)(c1ccccc1)C(C)(C)C. The summed E-state index contributed by atoms with van der Waals surface area (Å²) in [5.41, 5.74) is 0.388. The monoisotopic (exact) mass is 527 g/mol. The predicted molar refractivity (Wildman–Crippen MR) is 152 cm³/mol. The Balaban J connectivity index is 1.67. The average molecular weight is 528 g/mol. The first-order valence-electron chi connectivity index (χ1n) is 13.2. The Bertz CT molecular complexity index is 1260. The molecule has 3 atom stereocenters. The van der Waals surface area contributed by atoms with Crippen LogP contribution in [-0.4, -0.2) is 30.8 Å². The number of carbonyl (C=O) groups excluding carboxylic acids is 1. The van der Waals surface area contributed by atoms with E-state index >= 15 is 0 Å². The van der Waals surface area contributed by atoms with Crippen molar-refractivity contribution in [2.75, 3.05) is 0 Å². The van der Waals surface area contributed by atoms with Gasteiger partial charge in [0.05, 0.1) is 5.92 Å². The molecule has 0 bridgehead atoms. The fourth-order valence-electron chi connectivity index (χ4n) is 5.60. The van der Waals surface area contributed by atoms with Crippen molar-refractivity contribution >= 4 is 24.8 Å². The molecule has 5 rings (SSSR count). The number of carbonyl (C=O) groups is 1. The summed E-state index contributed by atoms with van der Waals surface area (Å²) in [5, 5.41) is 1.95. The van der Waals surface area contributed by atoms with E-state index in [1.165, 1.54) is 4.90 Å². The summed E-state index contributed by atoms with van der Waals surface area (Å²) < 4.78 is 20.1. The van der Waals surface area contributed by atoms with Gasteiger partial charge in [-0.2, -0.15) is 0 Å². The van der Waals surface area contributed by atoms with Crippen LogP contribution in [-0.2, 0) is 13.9 Å². The van der Waals surface area contributed by atoms with Crippen LogP contribution in [0.4, 0.5) is 4.79 Å². The van der Waals surface area contributed by atoms with Gasteiger partial charge in [-0.25, -0.2) is 9.69 Å². The molecule has 38 heavy (non-hydrogen) atoms. The summed E-state index contributed by atoms with van der Waals surface area (Å²) in [4.78, 5) is 15.1. The summed E-state index contributed by atoms with van der Waals surface area (Å²) in [5.74, 6) is -1.52. The van der Waals surface area contributed by atoms with Crippen molar-refractivity contribution in [3.63, 3.8) is 0 Å². The van der Waals surface area contributed by atoms with E-state index in [0.29, 0.717) is 0 Å². The number of benzene rings is 3. The number of hydrogen-bond acceptors (Lipinski definition) is 4. The first-order valence-corrected chi connectivity index (χ1v) is 15.1. The van der Waals surface area contributed by atoms with Gasteiger partial charge in [0.15, 0.2) is 0 Å². The van der Waals surface area contributed by atoms with Gasteiger partial charge in [-0.1, -0.05) is 118 Å². The summed E-state index contributed by atoms with van der Waals surface area (Å²) in [7, 11) is -3.07. The van der Waals surface area contributed by atoms with E-state index in [0.717, 1.165) is 15.9 Å². The second-order valence-corrected chi connectivity index (χ2v) is 16.3. The molecule has 5 nitrogen and oxygen atoms in total. The standard InChI is InChI=1S/C32H37NO4Si/c1-30(2,3)36-29(34)33-23-22-27-28(24-16-10-7-11-17-24)35-32(27,33)37-38(31(4,5)6,25-18-12-8-13-19-25)26-20-14-9-15-21-26/h7-23,27-28H,1-6H3. The van der Waals surface area contributed by atoms with Gasteiger partial charge in [-0.3, -0.25) is 0 Å². The Morgan fingerprint density at radius 2 is 1.32 bits per heavy atom. The molecule has 0 aliphatic carbocycles. The summed E-state index contributed by atoms with van der Waals surface area (Å²) in [6, 6.07) is 30.9. The van der Waals surface area contributed by atoms with Crippen molar-refractivity contribution in [3.8, 4) is 0 Å². The molecule has 3 aromatic carbocycles. The molecule has 198 valence electrons. The van der Waals surface area contributed by atoms with E-state index in [4.69, 9.17) is 13.9 Å². The molecule has 0 spiro atoms. The zero-order valence-electron chi connectivity index (χ0n) is 23.0. The maximum Gasteiger partial charge on any atom is 0.418 e. The van der Waals surface area contributed by atoms with Crippen LogP contribution in [0.25, 0.3) is 0 Å². The van der Waals surface area contributed by atoms with E-state index in [1.54, 1.807) is 6.20 Å². The van der Waals surface area contributed by atoms with Gasteiger partial charge >= 0.3 is 6.09 Å². The van der Waals surface area contributed by atoms with Gasteiger partial charge in [0.25, 0.3) is 14.2 Å². The molecule has 0 N–H and O–H groups in total. The predicted octanol–water partition coefficient (Wildman–Crippen LogP) is 6.37. The first-order chi connectivity index (χ1) is 18.0. The highest BCUT2D eigenvalue weighted by Crippen LogP contribution is 2.58. The molecule has 1 amide bonds. The van der Waals surface area contributed by atoms with Gasteiger partial charge in [0.1, 0.15) is 11.7 Å². The largest absolute Gasteiger partial charge is 0.443 e. The third-order valence-electron chi connectivity index (χ3n) is 7.26. The molecule has 0 aromatic heterocycles. The molecule has 0 saturated carbocycles. The molecule has 2 heterocycles. The highest BCUT2D eigenvalue weighted by molar-refractivity contribution is 6.99. The topological polar surface area (TPSA) is 48.0 Å². The quantitative estimate of drug-likeness (QED) is 0.362. The number of hydrogen-bond donors (Lipinski definition) is 0. The second kappa shape index (κ2) is 9.52. The fourth-order valence-corrected chi connectivity index (χ4v) is 10.3. The Morgan fingerprint density at radius 1 is 0.816 bits per heavy atom. The van der Waals surface area contributed by atoms with Gasteiger partial charge in [0, 0.05) is 6.20 Å². The Labute approximate surface area is 227 Å².